The number of benzene rings is 2. The maximum Gasteiger partial charge on any atom is 0.257 e. The van der Waals surface area contributed by atoms with Crippen LogP contribution in [-0.2, 0) is 4.79 Å². The summed E-state index contributed by atoms with van der Waals surface area (Å²) in [5.74, 6) is -3.23. The minimum atomic E-state index is -1.07. The Morgan fingerprint density at radius 1 is 1.15 bits per heavy atom. The van der Waals surface area contributed by atoms with Crippen LogP contribution in [0.3, 0.4) is 0 Å². The molecule has 0 spiro atoms. The summed E-state index contributed by atoms with van der Waals surface area (Å²) >= 11 is 17.8. The molecule has 9 heteroatoms. The molecular weight excluding hydrogens is 421 g/mol. The zero-order chi connectivity index (χ0) is 19.9. The van der Waals surface area contributed by atoms with Crippen molar-refractivity contribution in [1.29, 1.82) is 0 Å². The van der Waals surface area contributed by atoms with Crippen LogP contribution in [0.4, 0.5) is 20.2 Å². The highest BCUT2D eigenvalue weighted by Crippen LogP contribution is 2.53. The highest BCUT2D eigenvalue weighted by atomic mass is 35.5. The zero-order valence-electron chi connectivity index (χ0n) is 13.9. The number of amides is 2. The molecular formula is C18H13Cl3F2N2O2. The van der Waals surface area contributed by atoms with Crippen molar-refractivity contribution in [3.63, 3.8) is 0 Å². The molecule has 142 valence electrons. The number of rotatable bonds is 4. The Morgan fingerprint density at radius 2 is 1.81 bits per heavy atom. The lowest BCUT2D eigenvalue weighted by molar-refractivity contribution is -0.117. The van der Waals surface area contributed by atoms with Gasteiger partial charge in [-0.05, 0) is 43.7 Å². The van der Waals surface area contributed by atoms with Crippen molar-refractivity contribution in [2.75, 3.05) is 10.6 Å². The molecule has 2 aromatic carbocycles. The second-order valence-electron chi connectivity index (χ2n) is 6.19. The van der Waals surface area contributed by atoms with Crippen molar-refractivity contribution >= 4 is 58.0 Å². The first-order valence-electron chi connectivity index (χ1n) is 7.84. The summed E-state index contributed by atoms with van der Waals surface area (Å²) < 4.78 is 26.4. The number of anilines is 2. The molecule has 1 atom stereocenters. The molecule has 0 aromatic heterocycles. The molecule has 1 aliphatic carbocycles. The standard InChI is InChI=1S/C18H13Cl3F2N2O2/c1-8-13(22)4-5-14(15(8)23)25-16(26)10-6-9(2-3-12(10)19)24-17(27)11-7-18(11,20)21/h2-6,11H,7H2,1H3,(H,24,27)(H,25,26). The predicted molar refractivity (Wildman–Crippen MR) is 102 cm³/mol. The van der Waals surface area contributed by atoms with Crippen LogP contribution in [0, 0.1) is 24.5 Å². The van der Waals surface area contributed by atoms with E-state index in [1.807, 2.05) is 0 Å². The monoisotopic (exact) mass is 432 g/mol. The number of carbonyl (C=O) groups is 2. The van der Waals surface area contributed by atoms with E-state index in [4.69, 9.17) is 34.8 Å². The number of nitrogens with one attached hydrogen (secondary N) is 2. The average Bonchev–Trinajstić information content (AvgIpc) is 3.25. The molecule has 1 unspecified atom stereocenters. The SMILES string of the molecule is Cc1c(F)ccc(NC(=O)c2cc(NC(=O)C3CC3(Cl)Cl)ccc2Cl)c1F. The Morgan fingerprint density at radius 3 is 2.44 bits per heavy atom. The Balaban J connectivity index is 1.79. The quantitative estimate of drug-likeness (QED) is 0.642. The van der Waals surface area contributed by atoms with Gasteiger partial charge in [-0.25, -0.2) is 8.78 Å². The predicted octanol–water partition coefficient (Wildman–Crippen LogP) is 5.31. The van der Waals surface area contributed by atoms with Crippen LogP contribution in [0.1, 0.15) is 22.3 Å². The molecule has 2 amide bonds. The molecule has 1 saturated carbocycles. The van der Waals surface area contributed by atoms with Gasteiger partial charge in [-0.2, -0.15) is 0 Å². The maximum atomic E-state index is 14.1. The molecule has 27 heavy (non-hydrogen) atoms. The fourth-order valence-corrected chi connectivity index (χ4v) is 3.16. The topological polar surface area (TPSA) is 58.2 Å². The number of hydrogen-bond donors (Lipinski definition) is 2. The molecule has 0 radical (unpaired) electrons. The number of alkyl halides is 2. The van der Waals surface area contributed by atoms with Crippen molar-refractivity contribution < 1.29 is 18.4 Å². The van der Waals surface area contributed by atoms with Crippen molar-refractivity contribution in [3.8, 4) is 0 Å². The molecule has 2 N–H and O–H groups in total. The van der Waals surface area contributed by atoms with Gasteiger partial charge < -0.3 is 10.6 Å². The van der Waals surface area contributed by atoms with E-state index in [-0.39, 0.29) is 27.7 Å². The maximum absolute atomic E-state index is 14.1. The van der Waals surface area contributed by atoms with Crippen molar-refractivity contribution in [3.05, 3.63) is 58.1 Å². The molecule has 4 nitrogen and oxygen atoms in total. The highest BCUT2D eigenvalue weighted by Gasteiger charge is 2.56. The summed E-state index contributed by atoms with van der Waals surface area (Å²) in [7, 11) is 0. The van der Waals surface area contributed by atoms with Gasteiger partial charge in [0.15, 0.2) is 5.82 Å². The Kier molecular flexibility index (Phi) is 5.34. The van der Waals surface area contributed by atoms with Gasteiger partial charge in [0.05, 0.1) is 22.2 Å². The number of carbonyl (C=O) groups excluding carboxylic acids is 2. The van der Waals surface area contributed by atoms with Crippen LogP contribution in [0.5, 0.6) is 0 Å². The number of hydrogen-bond acceptors (Lipinski definition) is 2. The van der Waals surface area contributed by atoms with Gasteiger partial charge in [-0.15, -0.1) is 23.2 Å². The van der Waals surface area contributed by atoms with Crippen molar-refractivity contribution in [2.24, 2.45) is 5.92 Å². The molecule has 0 heterocycles. The summed E-state index contributed by atoms with van der Waals surface area (Å²) in [6.07, 6.45) is 0.339. The molecule has 3 rings (SSSR count). The lowest BCUT2D eigenvalue weighted by Gasteiger charge is -2.11. The van der Waals surface area contributed by atoms with E-state index < -0.39 is 27.8 Å². The fraction of sp³-hybridized carbons (Fsp3) is 0.222. The lowest BCUT2D eigenvalue weighted by Crippen LogP contribution is -2.18. The smallest absolute Gasteiger partial charge is 0.257 e. The lowest BCUT2D eigenvalue weighted by atomic mass is 10.1. The summed E-state index contributed by atoms with van der Waals surface area (Å²) in [5, 5.41) is 5.05. The van der Waals surface area contributed by atoms with Crippen molar-refractivity contribution in [1.82, 2.24) is 0 Å². The van der Waals surface area contributed by atoms with Crippen LogP contribution >= 0.6 is 34.8 Å². The summed E-state index contributed by atoms with van der Waals surface area (Å²) in [4.78, 5) is 24.5. The zero-order valence-corrected chi connectivity index (χ0v) is 16.1. The van der Waals surface area contributed by atoms with Crippen LogP contribution in [0.25, 0.3) is 0 Å². The molecule has 0 saturated heterocycles. The first-order chi connectivity index (χ1) is 12.6. The minimum Gasteiger partial charge on any atom is -0.326 e. The van der Waals surface area contributed by atoms with Gasteiger partial charge in [0.1, 0.15) is 10.2 Å². The Hall–Kier alpha value is -1.89. The first-order valence-corrected chi connectivity index (χ1v) is 8.97. The van der Waals surface area contributed by atoms with Gasteiger partial charge in [-0.3, -0.25) is 9.59 Å². The van der Waals surface area contributed by atoms with E-state index >= 15 is 0 Å². The first kappa shape index (κ1) is 19.9. The normalized spacial score (nSPS) is 17.3. The van der Waals surface area contributed by atoms with Crippen molar-refractivity contribution in [2.45, 2.75) is 17.7 Å². The van der Waals surface area contributed by atoms with Gasteiger partial charge in [0, 0.05) is 11.3 Å². The second-order valence-corrected chi connectivity index (χ2v) is 8.14. The average molecular weight is 434 g/mol. The summed E-state index contributed by atoms with van der Waals surface area (Å²) in [5.41, 5.74) is -0.0811. The van der Waals surface area contributed by atoms with Crippen LogP contribution in [0.15, 0.2) is 30.3 Å². The van der Waals surface area contributed by atoms with E-state index in [9.17, 15) is 18.4 Å². The molecule has 0 aliphatic heterocycles. The Labute approximate surface area is 168 Å². The van der Waals surface area contributed by atoms with E-state index in [2.05, 4.69) is 10.6 Å². The van der Waals surface area contributed by atoms with Gasteiger partial charge in [0.2, 0.25) is 5.91 Å². The van der Waals surface area contributed by atoms with Crippen LogP contribution in [-0.4, -0.2) is 16.1 Å². The van der Waals surface area contributed by atoms with E-state index in [1.165, 1.54) is 25.1 Å². The van der Waals surface area contributed by atoms with Gasteiger partial charge in [0.25, 0.3) is 5.91 Å². The fourth-order valence-electron chi connectivity index (χ4n) is 2.45. The highest BCUT2D eigenvalue weighted by molar-refractivity contribution is 6.52. The molecule has 2 aromatic rings. The summed E-state index contributed by atoms with van der Waals surface area (Å²) in [6, 6.07) is 6.43. The van der Waals surface area contributed by atoms with E-state index in [0.717, 1.165) is 12.1 Å². The van der Waals surface area contributed by atoms with E-state index in [0.29, 0.717) is 12.1 Å². The third-order valence-electron chi connectivity index (χ3n) is 4.19. The third-order valence-corrected chi connectivity index (χ3v) is 5.35. The minimum absolute atomic E-state index is 0.00894. The number of halogens is 5. The van der Waals surface area contributed by atoms with Gasteiger partial charge in [-0.1, -0.05) is 11.6 Å². The molecule has 1 fully saturated rings. The van der Waals surface area contributed by atoms with Gasteiger partial charge >= 0.3 is 0 Å². The van der Waals surface area contributed by atoms with Crippen LogP contribution in [0.2, 0.25) is 5.02 Å². The van der Waals surface area contributed by atoms with E-state index in [1.54, 1.807) is 0 Å². The molecule has 0 bridgehead atoms. The van der Waals surface area contributed by atoms with Crippen LogP contribution < -0.4 is 10.6 Å². The molecule has 1 aliphatic rings. The Bertz CT molecular complexity index is 950. The largest absolute Gasteiger partial charge is 0.326 e. The third kappa shape index (κ3) is 4.18. The summed E-state index contributed by atoms with van der Waals surface area (Å²) in [6.45, 7) is 1.26. The second kappa shape index (κ2) is 7.26.